The minimum Gasteiger partial charge on any atom is -0.455 e. The largest absolute Gasteiger partial charge is 0.455 e. The predicted molar refractivity (Wildman–Crippen MR) is 53.9 cm³/mol. The Morgan fingerprint density at radius 3 is 2.69 bits per heavy atom. The summed E-state index contributed by atoms with van der Waals surface area (Å²) in [7, 11) is 0. The molecule has 0 rings (SSSR count). The fourth-order valence-corrected chi connectivity index (χ4v) is 1.71. The molecule has 0 aliphatic heterocycles. The molecule has 13 heavy (non-hydrogen) atoms. The number of carbonyl (C=O) groups excluding carboxylic acids is 2. The molecule has 0 amide bonds. The summed E-state index contributed by atoms with van der Waals surface area (Å²) in [5, 5.41) is 0. The highest BCUT2D eigenvalue weighted by molar-refractivity contribution is 7.99. The summed E-state index contributed by atoms with van der Waals surface area (Å²) in [5.74, 6) is 1.56. The van der Waals surface area contributed by atoms with Crippen LogP contribution in [0.25, 0.3) is 0 Å². The monoisotopic (exact) mass is 204 g/mol. The summed E-state index contributed by atoms with van der Waals surface area (Å²) in [4.78, 5) is 20.9. The second-order valence-electron chi connectivity index (χ2n) is 2.69. The summed E-state index contributed by atoms with van der Waals surface area (Å²) >= 11 is 1.77. The molecule has 0 aromatic rings. The van der Waals surface area contributed by atoms with Crippen LogP contribution < -0.4 is 0 Å². The number of carbonyl (C=O) groups is 2. The fourth-order valence-electron chi connectivity index (χ4n) is 0.814. The van der Waals surface area contributed by atoms with Crippen LogP contribution in [0.3, 0.4) is 0 Å². The van der Waals surface area contributed by atoms with Gasteiger partial charge in [0.25, 0.3) is 0 Å². The summed E-state index contributed by atoms with van der Waals surface area (Å²) in [6, 6.07) is 0. The second kappa shape index (κ2) is 8.10. The Labute approximate surface area is 83.2 Å². The standard InChI is InChI=1S/C9H16O3S/c1-3-5-13-6-4-9(7-10)12-8(2)11/h7,9H,3-6H2,1-2H3. The van der Waals surface area contributed by atoms with Gasteiger partial charge in [-0.2, -0.15) is 11.8 Å². The third-order valence-electron chi connectivity index (χ3n) is 1.36. The van der Waals surface area contributed by atoms with Gasteiger partial charge in [-0.15, -0.1) is 0 Å². The van der Waals surface area contributed by atoms with Gasteiger partial charge in [0.1, 0.15) is 0 Å². The molecule has 0 bridgehead atoms. The second-order valence-corrected chi connectivity index (χ2v) is 3.91. The highest BCUT2D eigenvalue weighted by Gasteiger charge is 2.09. The molecule has 0 aromatic heterocycles. The maximum absolute atomic E-state index is 10.5. The Hall–Kier alpha value is -0.510. The van der Waals surface area contributed by atoms with Crippen LogP contribution in [0.2, 0.25) is 0 Å². The minimum atomic E-state index is -0.554. The van der Waals surface area contributed by atoms with Crippen molar-refractivity contribution in [3.8, 4) is 0 Å². The van der Waals surface area contributed by atoms with Crippen LogP contribution in [-0.4, -0.2) is 29.9 Å². The summed E-state index contributed by atoms with van der Waals surface area (Å²) in [5.41, 5.74) is 0. The van der Waals surface area contributed by atoms with E-state index in [0.717, 1.165) is 17.9 Å². The lowest BCUT2D eigenvalue weighted by Gasteiger charge is -2.09. The molecule has 4 heteroatoms. The molecule has 1 unspecified atom stereocenters. The van der Waals surface area contributed by atoms with Gasteiger partial charge in [0.05, 0.1) is 0 Å². The first-order chi connectivity index (χ1) is 6.20. The number of aldehydes is 1. The number of rotatable bonds is 7. The van der Waals surface area contributed by atoms with Crippen molar-refractivity contribution in [2.45, 2.75) is 32.8 Å². The van der Waals surface area contributed by atoms with Crippen molar-refractivity contribution < 1.29 is 14.3 Å². The smallest absolute Gasteiger partial charge is 0.303 e. The van der Waals surface area contributed by atoms with Gasteiger partial charge < -0.3 is 4.74 Å². The van der Waals surface area contributed by atoms with E-state index >= 15 is 0 Å². The molecule has 0 N–H and O–H groups in total. The molecule has 0 aromatic carbocycles. The molecular formula is C9H16O3S. The first-order valence-corrected chi connectivity index (χ1v) is 5.56. The van der Waals surface area contributed by atoms with E-state index in [2.05, 4.69) is 6.92 Å². The first-order valence-electron chi connectivity index (χ1n) is 4.41. The fraction of sp³-hybridized carbons (Fsp3) is 0.778. The third kappa shape index (κ3) is 7.84. The molecule has 0 spiro atoms. The molecule has 1 atom stereocenters. The highest BCUT2D eigenvalue weighted by atomic mass is 32.2. The zero-order valence-electron chi connectivity index (χ0n) is 8.12. The highest BCUT2D eigenvalue weighted by Crippen LogP contribution is 2.07. The van der Waals surface area contributed by atoms with Crippen LogP contribution in [0.15, 0.2) is 0 Å². The van der Waals surface area contributed by atoms with Crippen LogP contribution in [0.1, 0.15) is 26.7 Å². The maximum Gasteiger partial charge on any atom is 0.303 e. The molecule has 0 aliphatic carbocycles. The van der Waals surface area contributed by atoms with Crippen molar-refractivity contribution in [2.24, 2.45) is 0 Å². The van der Waals surface area contributed by atoms with Gasteiger partial charge in [0.15, 0.2) is 12.4 Å². The predicted octanol–water partition coefficient (Wildman–Crippen LogP) is 1.65. The summed E-state index contributed by atoms with van der Waals surface area (Å²) in [6.07, 6.45) is 1.88. The lowest BCUT2D eigenvalue weighted by atomic mass is 10.3. The van der Waals surface area contributed by atoms with E-state index in [-0.39, 0.29) is 0 Å². The average molecular weight is 204 g/mol. The zero-order valence-corrected chi connectivity index (χ0v) is 8.93. The SMILES string of the molecule is CCCSCCC(C=O)OC(C)=O. The quantitative estimate of drug-likeness (QED) is 0.359. The van der Waals surface area contributed by atoms with Crippen molar-refractivity contribution in [1.82, 2.24) is 0 Å². The topological polar surface area (TPSA) is 43.4 Å². The van der Waals surface area contributed by atoms with E-state index in [4.69, 9.17) is 4.74 Å². The van der Waals surface area contributed by atoms with Crippen LogP contribution in [-0.2, 0) is 14.3 Å². The van der Waals surface area contributed by atoms with Crippen LogP contribution in [0.5, 0.6) is 0 Å². The van der Waals surface area contributed by atoms with E-state index in [9.17, 15) is 9.59 Å². The minimum absolute atomic E-state index is 0.391. The number of hydrogen-bond donors (Lipinski definition) is 0. The lowest BCUT2D eigenvalue weighted by Crippen LogP contribution is -2.18. The average Bonchev–Trinajstić information content (AvgIpc) is 2.09. The van der Waals surface area contributed by atoms with Gasteiger partial charge in [0.2, 0.25) is 0 Å². The Morgan fingerprint density at radius 2 is 2.23 bits per heavy atom. The molecule has 0 fully saturated rings. The molecule has 0 saturated carbocycles. The molecule has 3 nitrogen and oxygen atoms in total. The Balaban J connectivity index is 3.48. The van der Waals surface area contributed by atoms with Crippen molar-refractivity contribution in [3.63, 3.8) is 0 Å². The molecule has 0 heterocycles. The van der Waals surface area contributed by atoms with E-state index in [0.29, 0.717) is 12.7 Å². The molecule has 0 radical (unpaired) electrons. The Bertz CT molecular complexity index is 159. The van der Waals surface area contributed by atoms with Crippen molar-refractivity contribution >= 4 is 24.0 Å². The third-order valence-corrected chi connectivity index (χ3v) is 2.59. The molecular weight excluding hydrogens is 188 g/mol. The van der Waals surface area contributed by atoms with Crippen LogP contribution in [0, 0.1) is 0 Å². The summed E-state index contributed by atoms with van der Waals surface area (Å²) in [6.45, 7) is 3.42. The summed E-state index contributed by atoms with van der Waals surface area (Å²) < 4.78 is 4.76. The van der Waals surface area contributed by atoms with Gasteiger partial charge in [-0.05, 0) is 17.9 Å². The normalized spacial score (nSPS) is 12.2. The Kier molecular flexibility index (Phi) is 7.79. The maximum atomic E-state index is 10.5. The van der Waals surface area contributed by atoms with Gasteiger partial charge in [-0.25, -0.2) is 0 Å². The molecule has 0 aliphatic rings. The number of thioether (sulfide) groups is 1. The lowest BCUT2D eigenvalue weighted by molar-refractivity contribution is -0.149. The molecule has 0 saturated heterocycles. The Morgan fingerprint density at radius 1 is 1.54 bits per heavy atom. The number of hydrogen-bond acceptors (Lipinski definition) is 4. The zero-order chi connectivity index (χ0) is 10.1. The van der Waals surface area contributed by atoms with Gasteiger partial charge in [-0.3, -0.25) is 9.59 Å². The molecule has 76 valence electrons. The number of ether oxygens (including phenoxy) is 1. The van der Waals surface area contributed by atoms with Gasteiger partial charge in [0, 0.05) is 13.3 Å². The first kappa shape index (κ1) is 12.5. The number of esters is 1. The van der Waals surface area contributed by atoms with Crippen molar-refractivity contribution in [2.75, 3.05) is 11.5 Å². The van der Waals surface area contributed by atoms with E-state index < -0.39 is 12.1 Å². The van der Waals surface area contributed by atoms with E-state index in [1.165, 1.54) is 6.92 Å². The van der Waals surface area contributed by atoms with Crippen LogP contribution in [0.4, 0.5) is 0 Å². The van der Waals surface area contributed by atoms with Crippen LogP contribution >= 0.6 is 11.8 Å². The van der Waals surface area contributed by atoms with E-state index in [1.807, 2.05) is 0 Å². The van der Waals surface area contributed by atoms with Gasteiger partial charge >= 0.3 is 5.97 Å². The van der Waals surface area contributed by atoms with Gasteiger partial charge in [-0.1, -0.05) is 6.92 Å². The van der Waals surface area contributed by atoms with Crippen molar-refractivity contribution in [3.05, 3.63) is 0 Å². The van der Waals surface area contributed by atoms with Crippen molar-refractivity contribution in [1.29, 1.82) is 0 Å². The van der Waals surface area contributed by atoms with E-state index in [1.54, 1.807) is 11.8 Å².